The van der Waals surface area contributed by atoms with E-state index in [2.05, 4.69) is 17.0 Å². The number of nitrogens with two attached hydrogens (primary N) is 1. The molecule has 2 N–H and O–H groups in total. The van der Waals surface area contributed by atoms with Crippen molar-refractivity contribution in [3.63, 3.8) is 0 Å². The average Bonchev–Trinajstić information content (AvgIpc) is 2.47. The molecule has 1 aromatic heterocycles. The highest BCUT2D eigenvalue weighted by Crippen LogP contribution is 2.00. The Morgan fingerprint density at radius 3 is 3.00 bits per heavy atom. The van der Waals surface area contributed by atoms with Gasteiger partial charge in [-0.2, -0.15) is 5.10 Å². The van der Waals surface area contributed by atoms with Crippen LogP contribution in [-0.2, 0) is 13.0 Å². The highest BCUT2D eigenvalue weighted by atomic mass is 15.3. The summed E-state index contributed by atoms with van der Waals surface area (Å²) in [7, 11) is 0. The van der Waals surface area contributed by atoms with Crippen molar-refractivity contribution in [1.29, 1.82) is 0 Å². The van der Waals surface area contributed by atoms with Crippen molar-refractivity contribution in [2.24, 2.45) is 5.73 Å². The molecule has 1 atom stereocenters. The molecule has 0 saturated heterocycles. The molecule has 0 aliphatic heterocycles. The molecular formula is C8H16N4. The number of rotatable bonds is 4. The first-order valence-electron chi connectivity index (χ1n) is 4.36. The zero-order valence-electron chi connectivity index (χ0n) is 7.70. The van der Waals surface area contributed by atoms with Gasteiger partial charge in [-0.3, -0.25) is 4.68 Å². The molecule has 0 saturated carbocycles. The number of nitrogens with zero attached hydrogens (tertiary/aromatic N) is 3. The van der Waals surface area contributed by atoms with Crippen LogP contribution in [0.4, 0.5) is 0 Å². The summed E-state index contributed by atoms with van der Waals surface area (Å²) < 4.78 is 1.91. The Balaban J connectivity index is 2.50. The monoisotopic (exact) mass is 168 g/mol. The predicted molar refractivity (Wildman–Crippen MR) is 47.7 cm³/mol. The molecule has 0 bridgehead atoms. The van der Waals surface area contributed by atoms with Gasteiger partial charge in [-0.1, -0.05) is 0 Å². The number of aromatic nitrogens is 3. The summed E-state index contributed by atoms with van der Waals surface area (Å²) >= 11 is 0. The van der Waals surface area contributed by atoms with Gasteiger partial charge >= 0.3 is 0 Å². The van der Waals surface area contributed by atoms with Gasteiger partial charge in [0.05, 0.1) is 0 Å². The van der Waals surface area contributed by atoms with Crippen LogP contribution < -0.4 is 5.73 Å². The third-order valence-corrected chi connectivity index (χ3v) is 1.82. The lowest BCUT2D eigenvalue weighted by atomic mass is 10.2. The first-order valence-corrected chi connectivity index (χ1v) is 4.36. The van der Waals surface area contributed by atoms with Gasteiger partial charge in [-0.15, -0.1) is 0 Å². The summed E-state index contributed by atoms with van der Waals surface area (Å²) in [4.78, 5) is 4.16. The molecular weight excluding hydrogens is 152 g/mol. The van der Waals surface area contributed by atoms with E-state index >= 15 is 0 Å². The molecule has 12 heavy (non-hydrogen) atoms. The van der Waals surface area contributed by atoms with Crippen molar-refractivity contribution in [3.05, 3.63) is 12.2 Å². The molecule has 68 valence electrons. The second-order valence-electron chi connectivity index (χ2n) is 3.01. The van der Waals surface area contributed by atoms with Gasteiger partial charge in [-0.25, -0.2) is 4.98 Å². The van der Waals surface area contributed by atoms with Crippen LogP contribution in [0.5, 0.6) is 0 Å². The van der Waals surface area contributed by atoms with Gasteiger partial charge in [0.15, 0.2) is 0 Å². The fourth-order valence-electron chi connectivity index (χ4n) is 1.10. The minimum absolute atomic E-state index is 0.243. The second-order valence-corrected chi connectivity index (χ2v) is 3.01. The molecule has 0 aliphatic rings. The molecule has 1 heterocycles. The summed E-state index contributed by atoms with van der Waals surface area (Å²) in [6.45, 7) is 4.95. The van der Waals surface area contributed by atoms with Crippen molar-refractivity contribution in [2.75, 3.05) is 0 Å². The molecule has 1 aromatic rings. The van der Waals surface area contributed by atoms with Gasteiger partial charge < -0.3 is 5.73 Å². The van der Waals surface area contributed by atoms with Crippen molar-refractivity contribution in [2.45, 2.75) is 39.3 Å². The lowest BCUT2D eigenvalue weighted by molar-refractivity contribution is 0.577. The van der Waals surface area contributed by atoms with E-state index in [-0.39, 0.29) is 6.04 Å². The standard InChI is InChI=1S/C8H16N4/c1-3-12-8(10-6-11-12)5-4-7(2)9/h6-7H,3-5,9H2,1-2H3/t7-/m0/s1. The maximum absolute atomic E-state index is 5.64. The van der Waals surface area contributed by atoms with E-state index in [0.29, 0.717) is 0 Å². The predicted octanol–water partition coefficient (Wildman–Crippen LogP) is 0.578. The van der Waals surface area contributed by atoms with Gasteiger partial charge in [0.2, 0.25) is 0 Å². The van der Waals surface area contributed by atoms with E-state index in [0.717, 1.165) is 25.2 Å². The van der Waals surface area contributed by atoms with E-state index in [1.807, 2.05) is 11.6 Å². The van der Waals surface area contributed by atoms with Gasteiger partial charge in [-0.05, 0) is 20.3 Å². The second kappa shape index (κ2) is 4.21. The maximum atomic E-state index is 5.64. The van der Waals surface area contributed by atoms with Crippen LogP contribution in [0.15, 0.2) is 6.33 Å². The molecule has 0 aromatic carbocycles. The lowest BCUT2D eigenvalue weighted by Crippen LogP contribution is -2.17. The maximum Gasteiger partial charge on any atom is 0.138 e. The summed E-state index contributed by atoms with van der Waals surface area (Å²) in [5.41, 5.74) is 5.64. The summed E-state index contributed by atoms with van der Waals surface area (Å²) in [5, 5.41) is 4.08. The van der Waals surface area contributed by atoms with Crippen molar-refractivity contribution < 1.29 is 0 Å². The topological polar surface area (TPSA) is 56.7 Å². The van der Waals surface area contributed by atoms with Crippen LogP contribution in [0.2, 0.25) is 0 Å². The molecule has 4 heteroatoms. The average molecular weight is 168 g/mol. The number of aryl methyl sites for hydroxylation is 2. The quantitative estimate of drug-likeness (QED) is 0.715. The Hall–Kier alpha value is -0.900. The van der Waals surface area contributed by atoms with Crippen LogP contribution in [-0.4, -0.2) is 20.8 Å². The van der Waals surface area contributed by atoms with E-state index in [1.54, 1.807) is 6.33 Å². The zero-order chi connectivity index (χ0) is 8.97. The highest BCUT2D eigenvalue weighted by Gasteiger charge is 2.03. The third-order valence-electron chi connectivity index (χ3n) is 1.82. The van der Waals surface area contributed by atoms with E-state index in [1.165, 1.54) is 0 Å². The van der Waals surface area contributed by atoms with Crippen molar-refractivity contribution in [1.82, 2.24) is 14.8 Å². The Labute approximate surface area is 72.8 Å². The minimum Gasteiger partial charge on any atom is -0.328 e. The Bertz CT molecular complexity index is 229. The largest absolute Gasteiger partial charge is 0.328 e. The van der Waals surface area contributed by atoms with Crippen LogP contribution in [0.3, 0.4) is 0 Å². The Morgan fingerprint density at radius 2 is 2.42 bits per heavy atom. The Kier molecular flexibility index (Phi) is 3.22. The smallest absolute Gasteiger partial charge is 0.138 e. The summed E-state index contributed by atoms with van der Waals surface area (Å²) in [5.74, 6) is 1.04. The molecule has 0 spiro atoms. The van der Waals surface area contributed by atoms with Crippen LogP contribution in [0.25, 0.3) is 0 Å². The van der Waals surface area contributed by atoms with Crippen LogP contribution >= 0.6 is 0 Å². The third kappa shape index (κ3) is 2.30. The van der Waals surface area contributed by atoms with E-state index in [9.17, 15) is 0 Å². The fraction of sp³-hybridized carbons (Fsp3) is 0.750. The highest BCUT2D eigenvalue weighted by molar-refractivity contribution is 4.85. The normalized spacial score (nSPS) is 13.2. The zero-order valence-corrected chi connectivity index (χ0v) is 7.70. The van der Waals surface area contributed by atoms with Gasteiger partial charge in [0, 0.05) is 19.0 Å². The van der Waals surface area contributed by atoms with Crippen LogP contribution in [0.1, 0.15) is 26.1 Å². The number of hydrogen-bond donors (Lipinski definition) is 1. The molecule has 0 unspecified atom stereocenters. The molecule has 0 aliphatic carbocycles. The summed E-state index contributed by atoms with van der Waals surface area (Å²) in [6, 6.07) is 0.243. The van der Waals surface area contributed by atoms with Crippen molar-refractivity contribution >= 4 is 0 Å². The van der Waals surface area contributed by atoms with E-state index < -0.39 is 0 Å². The lowest BCUT2D eigenvalue weighted by Gasteiger charge is -2.04. The molecule has 4 nitrogen and oxygen atoms in total. The number of hydrogen-bond acceptors (Lipinski definition) is 3. The first kappa shape index (κ1) is 9.19. The van der Waals surface area contributed by atoms with Crippen molar-refractivity contribution in [3.8, 4) is 0 Å². The molecule has 0 radical (unpaired) electrons. The summed E-state index contributed by atoms with van der Waals surface area (Å²) in [6.07, 6.45) is 3.49. The van der Waals surface area contributed by atoms with Gasteiger partial charge in [0.1, 0.15) is 12.2 Å². The molecule has 0 fully saturated rings. The Morgan fingerprint density at radius 1 is 1.67 bits per heavy atom. The van der Waals surface area contributed by atoms with Gasteiger partial charge in [0.25, 0.3) is 0 Å². The SMILES string of the molecule is CCn1ncnc1CC[C@H](C)N. The fourth-order valence-corrected chi connectivity index (χ4v) is 1.10. The van der Waals surface area contributed by atoms with E-state index in [4.69, 9.17) is 5.73 Å². The minimum atomic E-state index is 0.243. The van der Waals surface area contributed by atoms with Crippen LogP contribution in [0, 0.1) is 0 Å². The molecule has 1 rings (SSSR count). The first-order chi connectivity index (χ1) is 5.74. The molecule has 0 amide bonds.